The number of oxime groups is 1. The van der Waals surface area contributed by atoms with E-state index in [1.54, 1.807) is 20.1 Å². The summed E-state index contributed by atoms with van der Waals surface area (Å²) in [6, 6.07) is 0. The first-order chi connectivity index (χ1) is 6.77. The van der Waals surface area contributed by atoms with Crippen LogP contribution in [0.5, 0.6) is 0 Å². The molecule has 0 saturated heterocycles. The normalized spacial score (nSPS) is 17.3. The number of nitrogens with two attached hydrogens (primary N) is 1. The molecule has 4 nitrogen and oxygen atoms in total. The molecule has 6 heteroatoms. The lowest BCUT2D eigenvalue weighted by Crippen LogP contribution is -2.51. The maximum Gasteiger partial charge on any atom is 0.230 e. The molecule has 0 aliphatic heterocycles. The van der Waals surface area contributed by atoms with E-state index in [2.05, 4.69) is 5.16 Å². The summed E-state index contributed by atoms with van der Waals surface area (Å²) in [5, 5.41) is 12.0. The van der Waals surface area contributed by atoms with Crippen molar-refractivity contribution < 1.29 is 14.4 Å². The maximum absolute atomic E-state index is 12.9. The van der Waals surface area contributed by atoms with Crippen LogP contribution in [-0.4, -0.2) is 29.1 Å². The van der Waals surface area contributed by atoms with Crippen LogP contribution in [0.3, 0.4) is 0 Å². The van der Waals surface area contributed by atoms with Gasteiger partial charge in [0, 0.05) is 5.41 Å². The Morgan fingerprint density at radius 1 is 1.53 bits per heavy atom. The Balaban J connectivity index is 5.54. The molecule has 15 heavy (non-hydrogen) atoms. The summed E-state index contributed by atoms with van der Waals surface area (Å²) in [6.07, 6.45) is 1.64. The minimum atomic E-state index is -1.31. The van der Waals surface area contributed by atoms with Crippen LogP contribution >= 0.6 is 11.8 Å². The number of carbonyl (C=O) groups is 1. The maximum atomic E-state index is 12.9. The van der Waals surface area contributed by atoms with Crippen molar-refractivity contribution in [3.05, 3.63) is 0 Å². The molecule has 1 atom stereocenters. The van der Waals surface area contributed by atoms with Crippen LogP contribution in [0.1, 0.15) is 20.8 Å². The second-order valence-corrected chi connectivity index (χ2v) is 4.91. The quantitative estimate of drug-likeness (QED) is 0.337. The molecular formula is C9H17FN2O2S. The highest BCUT2D eigenvalue weighted by atomic mass is 32.2. The van der Waals surface area contributed by atoms with Crippen molar-refractivity contribution in [1.82, 2.24) is 0 Å². The lowest BCUT2D eigenvalue weighted by atomic mass is 9.67. The summed E-state index contributed by atoms with van der Waals surface area (Å²) in [7, 11) is 0. The molecule has 0 aliphatic rings. The second kappa shape index (κ2) is 4.83. The van der Waals surface area contributed by atoms with Crippen molar-refractivity contribution in [2.45, 2.75) is 20.8 Å². The number of nitrogens with zero attached hydrogens (tertiary/aromatic N) is 1. The fourth-order valence-electron chi connectivity index (χ4n) is 1.21. The first kappa shape index (κ1) is 14.2. The summed E-state index contributed by atoms with van der Waals surface area (Å²) in [5.41, 5.74) is 2.95. The van der Waals surface area contributed by atoms with Gasteiger partial charge >= 0.3 is 0 Å². The van der Waals surface area contributed by atoms with Crippen molar-refractivity contribution in [3.63, 3.8) is 0 Å². The third-order valence-corrected chi connectivity index (χ3v) is 3.77. The summed E-state index contributed by atoms with van der Waals surface area (Å²) in [6.45, 7) is 3.89. The van der Waals surface area contributed by atoms with E-state index in [4.69, 9.17) is 10.9 Å². The average Bonchev–Trinajstić information content (AvgIpc) is 2.18. The molecule has 0 bridgehead atoms. The van der Waals surface area contributed by atoms with E-state index in [9.17, 15) is 9.18 Å². The SMILES string of the molecule is CSC(=NO)C(C)(C(N)=O)C(C)(C)CF. The van der Waals surface area contributed by atoms with Crippen LogP contribution in [0.2, 0.25) is 0 Å². The Labute approximate surface area is 93.1 Å². The lowest BCUT2D eigenvalue weighted by Gasteiger charge is -2.39. The van der Waals surface area contributed by atoms with Gasteiger partial charge in [-0.1, -0.05) is 19.0 Å². The minimum absolute atomic E-state index is 0.123. The number of carbonyl (C=O) groups excluding carboxylic acids is 1. The predicted octanol–water partition coefficient (Wildman–Crippen LogP) is 1.62. The standard InChI is InChI=1S/C9H17FN2O2S/c1-8(2,5-10)9(3,6(11)13)7(12-14)15-4/h14H,5H2,1-4H3,(H2,11,13). The van der Waals surface area contributed by atoms with Crippen molar-refractivity contribution in [3.8, 4) is 0 Å². The van der Waals surface area contributed by atoms with Crippen LogP contribution in [0.4, 0.5) is 4.39 Å². The third-order valence-electron chi connectivity index (χ3n) is 2.89. The number of primary amides is 1. The Morgan fingerprint density at radius 2 is 2.00 bits per heavy atom. The molecule has 0 aromatic rings. The zero-order valence-corrected chi connectivity index (χ0v) is 10.2. The summed E-state index contributed by atoms with van der Waals surface area (Å²) in [4.78, 5) is 11.4. The van der Waals surface area contributed by atoms with Gasteiger partial charge in [-0.25, -0.2) is 0 Å². The van der Waals surface area contributed by atoms with Gasteiger partial charge in [-0.3, -0.25) is 9.18 Å². The molecule has 0 rings (SSSR count). The van der Waals surface area contributed by atoms with E-state index in [1.807, 2.05) is 0 Å². The highest BCUT2D eigenvalue weighted by Crippen LogP contribution is 2.42. The van der Waals surface area contributed by atoms with Gasteiger partial charge in [0.2, 0.25) is 5.91 Å². The first-order valence-electron chi connectivity index (χ1n) is 4.40. The smallest absolute Gasteiger partial charge is 0.230 e. The largest absolute Gasteiger partial charge is 0.410 e. The fraction of sp³-hybridized carbons (Fsp3) is 0.778. The Bertz CT molecular complexity index is 281. The highest BCUT2D eigenvalue weighted by molar-refractivity contribution is 8.13. The van der Waals surface area contributed by atoms with Gasteiger partial charge in [0.05, 0.1) is 6.67 Å². The van der Waals surface area contributed by atoms with Gasteiger partial charge in [0.1, 0.15) is 10.5 Å². The molecule has 3 N–H and O–H groups in total. The molecule has 0 aliphatic carbocycles. The lowest BCUT2D eigenvalue weighted by molar-refractivity contribution is -0.128. The molecule has 1 unspecified atom stereocenters. The number of halogens is 1. The van der Waals surface area contributed by atoms with Gasteiger partial charge in [-0.2, -0.15) is 0 Å². The van der Waals surface area contributed by atoms with Crippen LogP contribution in [-0.2, 0) is 4.79 Å². The average molecular weight is 236 g/mol. The third kappa shape index (κ3) is 2.25. The summed E-state index contributed by atoms with van der Waals surface area (Å²) < 4.78 is 12.9. The molecule has 0 radical (unpaired) electrons. The number of hydrogen-bond acceptors (Lipinski definition) is 4. The van der Waals surface area contributed by atoms with Crippen LogP contribution in [0, 0.1) is 10.8 Å². The number of amides is 1. The van der Waals surface area contributed by atoms with Gasteiger partial charge in [-0.05, 0) is 13.2 Å². The molecule has 0 aromatic carbocycles. The zero-order chi connectivity index (χ0) is 12.3. The molecule has 0 spiro atoms. The predicted molar refractivity (Wildman–Crippen MR) is 59.8 cm³/mol. The van der Waals surface area contributed by atoms with E-state index >= 15 is 0 Å². The monoisotopic (exact) mass is 236 g/mol. The van der Waals surface area contributed by atoms with Crippen LogP contribution < -0.4 is 5.73 Å². The molecular weight excluding hydrogens is 219 g/mol. The van der Waals surface area contributed by atoms with E-state index in [0.717, 1.165) is 11.8 Å². The topological polar surface area (TPSA) is 75.7 Å². The fourth-order valence-corrected chi connectivity index (χ4v) is 2.07. The van der Waals surface area contributed by atoms with Crippen molar-refractivity contribution in [2.75, 3.05) is 12.9 Å². The zero-order valence-electron chi connectivity index (χ0n) is 9.37. The molecule has 0 saturated carbocycles. The Morgan fingerprint density at radius 3 is 2.20 bits per heavy atom. The Hall–Kier alpha value is -0.780. The summed E-state index contributed by atoms with van der Waals surface area (Å²) >= 11 is 1.08. The molecule has 0 heterocycles. The Kier molecular flexibility index (Phi) is 4.58. The van der Waals surface area contributed by atoms with Crippen molar-refractivity contribution in [1.29, 1.82) is 0 Å². The number of thioether (sulfide) groups is 1. The summed E-state index contributed by atoms with van der Waals surface area (Å²) in [5.74, 6) is -0.702. The molecule has 88 valence electrons. The first-order valence-corrected chi connectivity index (χ1v) is 5.62. The number of rotatable bonds is 4. The van der Waals surface area contributed by atoms with E-state index in [1.165, 1.54) is 6.92 Å². The van der Waals surface area contributed by atoms with Crippen LogP contribution in [0.15, 0.2) is 5.16 Å². The van der Waals surface area contributed by atoms with Crippen molar-refractivity contribution in [2.24, 2.45) is 21.7 Å². The van der Waals surface area contributed by atoms with Crippen molar-refractivity contribution >= 4 is 22.7 Å². The van der Waals surface area contributed by atoms with Gasteiger partial charge in [0.15, 0.2) is 0 Å². The van der Waals surface area contributed by atoms with E-state index in [-0.39, 0.29) is 5.04 Å². The van der Waals surface area contributed by atoms with Crippen LogP contribution in [0.25, 0.3) is 0 Å². The number of hydrogen-bond donors (Lipinski definition) is 2. The van der Waals surface area contributed by atoms with E-state index in [0.29, 0.717) is 0 Å². The molecule has 1 amide bonds. The van der Waals surface area contributed by atoms with Gasteiger partial charge in [-0.15, -0.1) is 11.8 Å². The number of alkyl halides is 1. The van der Waals surface area contributed by atoms with Gasteiger partial charge < -0.3 is 10.9 Å². The molecule has 0 fully saturated rings. The minimum Gasteiger partial charge on any atom is -0.410 e. The van der Waals surface area contributed by atoms with E-state index < -0.39 is 23.4 Å². The highest BCUT2D eigenvalue weighted by Gasteiger charge is 2.50. The molecule has 0 aromatic heterocycles. The van der Waals surface area contributed by atoms with Gasteiger partial charge in [0.25, 0.3) is 0 Å². The second-order valence-electron chi connectivity index (χ2n) is 4.12.